The zero-order valence-corrected chi connectivity index (χ0v) is 11.9. The summed E-state index contributed by atoms with van der Waals surface area (Å²) in [6.45, 7) is 1.38. The molecule has 0 bridgehead atoms. The zero-order valence-electron chi connectivity index (χ0n) is 11.9. The largest absolute Gasteiger partial charge is 0.478 e. The number of hydrogen-bond acceptors (Lipinski definition) is 4. The molecular weight excluding hydrogens is 286 g/mol. The molecule has 7 nitrogen and oxygen atoms in total. The molecular formula is C15H15N3O4. The van der Waals surface area contributed by atoms with E-state index in [0.29, 0.717) is 16.9 Å². The number of nitrogens with one attached hydrogen (secondary N) is 2. The molecule has 0 aliphatic rings. The molecule has 4 N–H and O–H groups in total. The molecule has 1 aromatic heterocycles. The van der Waals surface area contributed by atoms with Crippen molar-refractivity contribution in [3.8, 4) is 5.75 Å². The van der Waals surface area contributed by atoms with Gasteiger partial charge in [-0.25, -0.2) is 0 Å². The minimum Gasteiger partial charge on any atom is -0.478 e. The van der Waals surface area contributed by atoms with Gasteiger partial charge in [-0.2, -0.15) is 0 Å². The topological polar surface area (TPSA) is 114 Å². The standard InChI is InChI=1S/C15H15N3O4/c1-9-14(12(19)6-7-17-9)22-8-13(20)18-11-4-2-10(3-5-11)15(16)21/h2-7H,8H2,1H3,(H2,16,21)(H,17,19)(H,18,20). The van der Waals surface area contributed by atoms with E-state index in [1.165, 1.54) is 24.4 Å². The zero-order chi connectivity index (χ0) is 16.1. The number of amides is 2. The van der Waals surface area contributed by atoms with Crippen molar-refractivity contribution in [2.75, 3.05) is 11.9 Å². The van der Waals surface area contributed by atoms with Crippen LogP contribution in [0.4, 0.5) is 5.69 Å². The minimum atomic E-state index is -0.542. The van der Waals surface area contributed by atoms with Crippen LogP contribution < -0.4 is 21.2 Å². The number of nitrogens with two attached hydrogens (primary N) is 1. The van der Waals surface area contributed by atoms with Crippen molar-refractivity contribution in [3.63, 3.8) is 0 Å². The lowest BCUT2D eigenvalue weighted by Crippen LogP contribution is -2.22. The number of benzene rings is 1. The number of H-pyrrole nitrogens is 1. The van der Waals surface area contributed by atoms with Crippen LogP contribution >= 0.6 is 0 Å². The van der Waals surface area contributed by atoms with Gasteiger partial charge in [-0.05, 0) is 31.2 Å². The highest BCUT2D eigenvalue weighted by molar-refractivity contribution is 5.95. The van der Waals surface area contributed by atoms with Crippen LogP contribution in [0, 0.1) is 6.92 Å². The maximum Gasteiger partial charge on any atom is 0.262 e. The first-order valence-corrected chi connectivity index (χ1v) is 6.48. The number of hydrogen-bond donors (Lipinski definition) is 3. The van der Waals surface area contributed by atoms with Crippen LogP contribution in [0.5, 0.6) is 5.75 Å². The number of anilines is 1. The van der Waals surface area contributed by atoms with Gasteiger partial charge in [0.1, 0.15) is 0 Å². The molecule has 22 heavy (non-hydrogen) atoms. The molecule has 0 saturated carbocycles. The number of rotatable bonds is 5. The summed E-state index contributed by atoms with van der Waals surface area (Å²) in [6, 6.07) is 7.44. The summed E-state index contributed by atoms with van der Waals surface area (Å²) in [5, 5.41) is 2.59. The molecule has 2 aromatic rings. The lowest BCUT2D eigenvalue weighted by molar-refractivity contribution is -0.118. The van der Waals surface area contributed by atoms with Gasteiger partial charge in [0.2, 0.25) is 11.3 Å². The second-order valence-corrected chi connectivity index (χ2v) is 4.57. The summed E-state index contributed by atoms with van der Waals surface area (Å²) < 4.78 is 5.23. The van der Waals surface area contributed by atoms with Gasteiger partial charge in [0.05, 0.1) is 5.69 Å². The number of aromatic amines is 1. The van der Waals surface area contributed by atoms with Crippen molar-refractivity contribution in [1.29, 1.82) is 0 Å². The van der Waals surface area contributed by atoms with Gasteiger partial charge in [0.25, 0.3) is 5.91 Å². The Kier molecular flexibility index (Phi) is 4.57. The predicted molar refractivity (Wildman–Crippen MR) is 80.9 cm³/mol. The minimum absolute atomic E-state index is 0.113. The number of aromatic nitrogens is 1. The Morgan fingerprint density at radius 3 is 2.50 bits per heavy atom. The second kappa shape index (κ2) is 6.57. The Hall–Kier alpha value is -3.09. The summed E-state index contributed by atoms with van der Waals surface area (Å²) in [5.41, 5.74) is 6.22. The summed E-state index contributed by atoms with van der Waals surface area (Å²) in [4.78, 5) is 37.1. The molecule has 114 valence electrons. The molecule has 7 heteroatoms. The van der Waals surface area contributed by atoms with Gasteiger partial charge in [-0.15, -0.1) is 0 Å². The Morgan fingerprint density at radius 2 is 1.91 bits per heavy atom. The average Bonchev–Trinajstić information content (AvgIpc) is 2.47. The fourth-order valence-electron chi connectivity index (χ4n) is 1.80. The third-order valence-corrected chi connectivity index (χ3v) is 2.90. The molecule has 0 aliphatic heterocycles. The number of pyridine rings is 1. The van der Waals surface area contributed by atoms with Gasteiger partial charge in [-0.1, -0.05) is 0 Å². The molecule has 1 aromatic carbocycles. The van der Waals surface area contributed by atoms with E-state index in [2.05, 4.69) is 10.3 Å². The van der Waals surface area contributed by atoms with Crippen LogP contribution in [0.25, 0.3) is 0 Å². The van der Waals surface area contributed by atoms with Crippen molar-refractivity contribution >= 4 is 17.5 Å². The molecule has 2 amide bonds. The third kappa shape index (κ3) is 3.72. The third-order valence-electron chi connectivity index (χ3n) is 2.90. The summed E-state index contributed by atoms with van der Waals surface area (Å²) in [7, 11) is 0. The Labute approximate surface area is 126 Å². The first-order chi connectivity index (χ1) is 10.5. The molecule has 0 radical (unpaired) electrons. The first-order valence-electron chi connectivity index (χ1n) is 6.48. The quantitative estimate of drug-likeness (QED) is 0.757. The lowest BCUT2D eigenvalue weighted by Gasteiger charge is -2.09. The summed E-state index contributed by atoms with van der Waals surface area (Å²) in [6.07, 6.45) is 1.50. The van der Waals surface area contributed by atoms with Crippen molar-refractivity contribution in [2.24, 2.45) is 5.73 Å². The van der Waals surface area contributed by atoms with Gasteiger partial charge in [0, 0.05) is 23.5 Å². The van der Waals surface area contributed by atoms with Crippen LogP contribution in [-0.4, -0.2) is 23.4 Å². The van der Waals surface area contributed by atoms with E-state index in [-0.39, 0.29) is 17.8 Å². The van der Waals surface area contributed by atoms with Crippen LogP contribution in [0.3, 0.4) is 0 Å². The molecule has 0 aliphatic carbocycles. The van der Waals surface area contributed by atoms with Gasteiger partial charge in [0.15, 0.2) is 12.4 Å². The van der Waals surface area contributed by atoms with E-state index in [9.17, 15) is 14.4 Å². The normalized spacial score (nSPS) is 10.0. The average molecular weight is 301 g/mol. The highest BCUT2D eigenvalue weighted by atomic mass is 16.5. The van der Waals surface area contributed by atoms with Gasteiger partial charge >= 0.3 is 0 Å². The van der Waals surface area contributed by atoms with E-state index < -0.39 is 11.8 Å². The molecule has 0 saturated heterocycles. The molecule has 0 unspecified atom stereocenters. The van der Waals surface area contributed by atoms with Crippen LogP contribution in [0.15, 0.2) is 41.3 Å². The summed E-state index contributed by atoms with van der Waals surface area (Å²) >= 11 is 0. The molecule has 0 atom stereocenters. The Bertz CT molecular complexity index is 750. The SMILES string of the molecule is Cc1[nH]ccc(=O)c1OCC(=O)Nc1ccc(C(N)=O)cc1. The molecule has 0 fully saturated rings. The first kappa shape index (κ1) is 15.3. The van der Waals surface area contributed by atoms with Crippen molar-refractivity contribution in [1.82, 2.24) is 4.98 Å². The monoisotopic (exact) mass is 301 g/mol. The van der Waals surface area contributed by atoms with Crippen LogP contribution in [-0.2, 0) is 4.79 Å². The highest BCUT2D eigenvalue weighted by Crippen LogP contribution is 2.10. The van der Waals surface area contributed by atoms with E-state index in [1.54, 1.807) is 19.1 Å². The maximum absolute atomic E-state index is 11.8. The van der Waals surface area contributed by atoms with E-state index in [1.807, 2.05) is 0 Å². The van der Waals surface area contributed by atoms with E-state index >= 15 is 0 Å². The van der Waals surface area contributed by atoms with Crippen molar-refractivity contribution in [2.45, 2.75) is 6.92 Å². The lowest BCUT2D eigenvalue weighted by atomic mass is 10.2. The van der Waals surface area contributed by atoms with E-state index in [4.69, 9.17) is 10.5 Å². The Morgan fingerprint density at radius 1 is 1.23 bits per heavy atom. The van der Waals surface area contributed by atoms with E-state index in [0.717, 1.165) is 0 Å². The van der Waals surface area contributed by atoms with Crippen LogP contribution in [0.2, 0.25) is 0 Å². The maximum atomic E-state index is 11.8. The van der Waals surface area contributed by atoms with Crippen LogP contribution in [0.1, 0.15) is 16.1 Å². The smallest absolute Gasteiger partial charge is 0.262 e. The van der Waals surface area contributed by atoms with Gasteiger partial charge < -0.3 is 20.8 Å². The summed E-state index contributed by atoms with van der Waals surface area (Å²) in [5.74, 6) is -0.851. The molecule has 0 spiro atoms. The second-order valence-electron chi connectivity index (χ2n) is 4.57. The predicted octanol–water partition coefficient (Wildman–Crippen LogP) is 0.800. The fourth-order valence-corrected chi connectivity index (χ4v) is 1.80. The fraction of sp³-hybridized carbons (Fsp3) is 0.133. The van der Waals surface area contributed by atoms with Gasteiger partial charge in [-0.3, -0.25) is 14.4 Å². The molecule has 2 rings (SSSR count). The van der Waals surface area contributed by atoms with Crippen molar-refractivity contribution < 1.29 is 14.3 Å². The molecule has 1 heterocycles. The highest BCUT2D eigenvalue weighted by Gasteiger charge is 2.09. The number of ether oxygens (including phenoxy) is 1. The number of carbonyl (C=O) groups excluding carboxylic acids is 2. The number of carbonyl (C=O) groups is 2. The number of aryl methyl sites for hydroxylation is 1. The van der Waals surface area contributed by atoms with Crippen molar-refractivity contribution in [3.05, 3.63) is 58.0 Å². The Balaban J connectivity index is 1.96. The number of primary amides is 1.